The molecule has 2 aromatic carbocycles. The zero-order chi connectivity index (χ0) is 14.3. The first-order valence-electron chi connectivity index (χ1n) is 7.61. The first-order chi connectivity index (χ1) is 10.4. The Balaban J connectivity index is 2.15. The number of rotatable bonds is 0. The fourth-order valence-corrected chi connectivity index (χ4v) is 2.57. The van der Waals surface area contributed by atoms with E-state index < -0.39 is 0 Å². The standard InChI is InChI=1S/C21H18/c1-2-4-6-12-18-14-8-10-16-20(18)21-17-11-9-15-19(21)13-7-5-3-1/h8-11,14-17H,1-5H2. The summed E-state index contributed by atoms with van der Waals surface area (Å²) in [6, 6.07) is 16.7. The normalized spacial score (nSPS) is 13.7. The highest BCUT2D eigenvalue weighted by atomic mass is 14.1. The molecule has 0 heterocycles. The van der Waals surface area contributed by atoms with Crippen LogP contribution < -0.4 is 0 Å². The number of hydrogen-bond donors (Lipinski definition) is 0. The molecule has 0 amide bonds. The molecule has 0 bridgehead atoms. The van der Waals surface area contributed by atoms with Crippen molar-refractivity contribution in [1.29, 1.82) is 0 Å². The zero-order valence-electron chi connectivity index (χ0n) is 12.2. The lowest BCUT2D eigenvalue weighted by Crippen LogP contribution is -1.88. The molecule has 1 aliphatic carbocycles. The molecule has 0 aromatic heterocycles. The molecule has 3 rings (SSSR count). The molecule has 0 atom stereocenters. The summed E-state index contributed by atoms with van der Waals surface area (Å²) in [6.45, 7) is 0. The number of hydrogen-bond acceptors (Lipinski definition) is 0. The predicted molar refractivity (Wildman–Crippen MR) is 88.7 cm³/mol. The van der Waals surface area contributed by atoms with Crippen LogP contribution in [0.2, 0.25) is 0 Å². The second kappa shape index (κ2) is 6.83. The first-order valence-corrected chi connectivity index (χ1v) is 7.61. The van der Waals surface area contributed by atoms with Gasteiger partial charge in [-0.25, -0.2) is 0 Å². The third-order valence-electron chi connectivity index (χ3n) is 3.69. The lowest BCUT2D eigenvalue weighted by atomic mass is 9.95. The molecule has 0 aliphatic heterocycles. The van der Waals surface area contributed by atoms with Gasteiger partial charge in [-0.2, -0.15) is 0 Å². The largest absolute Gasteiger partial charge is 0.0979 e. The second-order valence-corrected chi connectivity index (χ2v) is 5.26. The third kappa shape index (κ3) is 3.36. The van der Waals surface area contributed by atoms with Crippen molar-refractivity contribution in [3.05, 3.63) is 59.7 Å². The topological polar surface area (TPSA) is 0 Å². The van der Waals surface area contributed by atoms with Gasteiger partial charge in [0.05, 0.1) is 0 Å². The Bertz CT molecular complexity index is 679. The van der Waals surface area contributed by atoms with Gasteiger partial charge in [0.1, 0.15) is 0 Å². The second-order valence-electron chi connectivity index (χ2n) is 5.26. The molecule has 21 heavy (non-hydrogen) atoms. The summed E-state index contributed by atoms with van der Waals surface area (Å²) in [5.74, 6) is 13.3. The van der Waals surface area contributed by atoms with Crippen LogP contribution >= 0.6 is 0 Å². The highest BCUT2D eigenvalue weighted by molar-refractivity contribution is 5.76. The molecular formula is C21H18. The summed E-state index contributed by atoms with van der Waals surface area (Å²) in [4.78, 5) is 0. The molecule has 0 spiro atoms. The van der Waals surface area contributed by atoms with E-state index in [4.69, 9.17) is 0 Å². The van der Waals surface area contributed by atoms with Gasteiger partial charge in [-0.3, -0.25) is 0 Å². The molecule has 0 fully saturated rings. The fraction of sp³-hybridized carbons (Fsp3) is 0.238. The Labute approximate surface area is 127 Å². The van der Waals surface area contributed by atoms with E-state index in [0.29, 0.717) is 0 Å². The van der Waals surface area contributed by atoms with E-state index in [9.17, 15) is 0 Å². The van der Waals surface area contributed by atoms with E-state index in [1.165, 1.54) is 30.4 Å². The van der Waals surface area contributed by atoms with Crippen molar-refractivity contribution >= 4 is 0 Å². The van der Waals surface area contributed by atoms with Crippen molar-refractivity contribution < 1.29 is 0 Å². The summed E-state index contributed by atoms with van der Waals surface area (Å²) in [7, 11) is 0. The van der Waals surface area contributed by atoms with Gasteiger partial charge in [0, 0.05) is 24.0 Å². The lowest BCUT2D eigenvalue weighted by molar-refractivity contribution is 0.709. The van der Waals surface area contributed by atoms with Crippen molar-refractivity contribution in [2.45, 2.75) is 32.1 Å². The molecule has 102 valence electrons. The van der Waals surface area contributed by atoms with Crippen molar-refractivity contribution in [2.24, 2.45) is 0 Å². The van der Waals surface area contributed by atoms with Gasteiger partial charge >= 0.3 is 0 Å². The van der Waals surface area contributed by atoms with Gasteiger partial charge in [-0.15, -0.1) is 0 Å². The van der Waals surface area contributed by atoms with Crippen LogP contribution in [0.15, 0.2) is 48.5 Å². The van der Waals surface area contributed by atoms with Crippen LogP contribution in [-0.4, -0.2) is 0 Å². The van der Waals surface area contributed by atoms with Crippen LogP contribution in [-0.2, 0) is 0 Å². The van der Waals surface area contributed by atoms with E-state index in [1.807, 2.05) is 0 Å². The van der Waals surface area contributed by atoms with Crippen LogP contribution in [0.25, 0.3) is 11.1 Å². The minimum absolute atomic E-state index is 0.976. The lowest BCUT2D eigenvalue weighted by Gasteiger charge is -2.07. The number of benzene rings is 2. The Hall–Kier alpha value is -2.44. The quantitative estimate of drug-likeness (QED) is 0.590. The highest BCUT2D eigenvalue weighted by Crippen LogP contribution is 2.26. The van der Waals surface area contributed by atoms with Crippen LogP contribution in [0.3, 0.4) is 0 Å². The maximum absolute atomic E-state index is 3.34. The van der Waals surface area contributed by atoms with E-state index >= 15 is 0 Å². The molecule has 0 saturated carbocycles. The van der Waals surface area contributed by atoms with Gasteiger partial charge in [0.15, 0.2) is 0 Å². The van der Waals surface area contributed by atoms with Crippen molar-refractivity contribution in [2.75, 3.05) is 0 Å². The maximum Gasteiger partial charge on any atom is 0.0324 e. The van der Waals surface area contributed by atoms with E-state index in [-0.39, 0.29) is 0 Å². The smallest absolute Gasteiger partial charge is 0.0324 e. The summed E-state index contributed by atoms with van der Waals surface area (Å²) in [5, 5.41) is 0. The minimum atomic E-state index is 0.976. The van der Waals surface area contributed by atoms with Crippen molar-refractivity contribution in [3.63, 3.8) is 0 Å². The molecule has 0 unspecified atom stereocenters. The summed E-state index contributed by atoms with van der Waals surface area (Å²) in [6.07, 6.45) is 5.51. The van der Waals surface area contributed by atoms with Gasteiger partial charge in [-0.1, -0.05) is 66.5 Å². The Morgan fingerprint density at radius 1 is 0.571 bits per heavy atom. The molecule has 0 heteroatoms. The Kier molecular flexibility index (Phi) is 4.40. The van der Waals surface area contributed by atoms with Gasteiger partial charge in [0.25, 0.3) is 0 Å². The van der Waals surface area contributed by atoms with Crippen molar-refractivity contribution in [3.8, 4) is 34.8 Å². The highest BCUT2D eigenvalue weighted by Gasteiger charge is 2.06. The van der Waals surface area contributed by atoms with Crippen molar-refractivity contribution in [1.82, 2.24) is 0 Å². The van der Waals surface area contributed by atoms with E-state index in [1.54, 1.807) is 0 Å². The Morgan fingerprint density at radius 3 is 1.57 bits per heavy atom. The van der Waals surface area contributed by atoms with Crippen LogP contribution in [0.4, 0.5) is 0 Å². The third-order valence-corrected chi connectivity index (χ3v) is 3.69. The average molecular weight is 270 g/mol. The molecule has 0 radical (unpaired) electrons. The van der Waals surface area contributed by atoms with Gasteiger partial charge < -0.3 is 0 Å². The maximum atomic E-state index is 3.34. The minimum Gasteiger partial charge on any atom is -0.0979 e. The molecular weight excluding hydrogens is 252 g/mol. The summed E-state index contributed by atoms with van der Waals surface area (Å²) >= 11 is 0. The van der Waals surface area contributed by atoms with E-state index in [0.717, 1.165) is 24.0 Å². The zero-order valence-corrected chi connectivity index (χ0v) is 12.2. The molecule has 0 nitrogen and oxygen atoms in total. The van der Waals surface area contributed by atoms with Crippen LogP contribution in [0.5, 0.6) is 0 Å². The van der Waals surface area contributed by atoms with E-state index in [2.05, 4.69) is 72.2 Å². The molecule has 0 N–H and O–H groups in total. The predicted octanol–water partition coefficient (Wildman–Crippen LogP) is 5.02. The monoisotopic (exact) mass is 270 g/mol. The summed E-state index contributed by atoms with van der Waals surface area (Å²) < 4.78 is 0. The van der Waals surface area contributed by atoms with Crippen LogP contribution in [0, 0.1) is 23.7 Å². The SMILES string of the molecule is C1#Cc2ccccc2-c2ccccc2C#CCCCCC1. The Morgan fingerprint density at radius 2 is 1.05 bits per heavy atom. The fourth-order valence-electron chi connectivity index (χ4n) is 2.57. The molecule has 1 aliphatic rings. The van der Waals surface area contributed by atoms with Gasteiger partial charge in [0.2, 0.25) is 0 Å². The average Bonchev–Trinajstić information content (AvgIpc) is 2.55. The molecule has 0 saturated heterocycles. The van der Waals surface area contributed by atoms with Gasteiger partial charge in [-0.05, 0) is 36.1 Å². The first kappa shape index (κ1) is 13.5. The molecule has 2 aromatic rings. The summed E-state index contributed by atoms with van der Waals surface area (Å²) in [5.41, 5.74) is 4.58. The number of fused-ring (bicyclic) bond motifs is 3. The van der Waals surface area contributed by atoms with Crippen LogP contribution in [0.1, 0.15) is 43.2 Å².